The van der Waals surface area contributed by atoms with Gasteiger partial charge in [0.15, 0.2) is 11.5 Å². The largest absolute Gasteiger partial charge is 0.368 e. The molecule has 5 amide bonds. The van der Waals surface area contributed by atoms with E-state index in [0.29, 0.717) is 29.1 Å². The third-order valence-electron chi connectivity index (χ3n) is 9.73. The van der Waals surface area contributed by atoms with Crippen LogP contribution in [0.2, 0.25) is 0 Å². The Kier molecular flexibility index (Phi) is 6.83. The molecule has 7 rings (SSSR count). The molecule has 6 heterocycles. The van der Waals surface area contributed by atoms with E-state index in [1.165, 1.54) is 0 Å². The number of hydrogen-bond acceptors (Lipinski definition) is 10. The number of imide groups is 2. The summed E-state index contributed by atoms with van der Waals surface area (Å²) in [4.78, 5) is 69.9. The summed E-state index contributed by atoms with van der Waals surface area (Å²) in [6.07, 6.45) is 4.63. The molecule has 224 valence electrons. The van der Waals surface area contributed by atoms with Gasteiger partial charge < -0.3 is 15.5 Å². The molecule has 43 heavy (non-hydrogen) atoms. The normalized spacial score (nSPS) is 26.2. The maximum atomic E-state index is 13.3. The van der Waals surface area contributed by atoms with E-state index in [0.717, 1.165) is 74.8 Å². The zero-order chi connectivity index (χ0) is 29.8. The fourth-order valence-electron chi connectivity index (χ4n) is 7.42. The SMILES string of the molecule is NC(=O)c1ccc(N2CCC(CN3C4CCC3CN(c3ccc5c(c3)C(=O)N(C3CCC(=O)NC3=O)C5=O)C4)CC2)nn1. The highest BCUT2D eigenvalue weighted by molar-refractivity contribution is 6.23. The summed E-state index contributed by atoms with van der Waals surface area (Å²) in [5, 5.41) is 10.4. The number of nitrogens with zero attached hydrogens (tertiary/aromatic N) is 6. The Balaban J connectivity index is 0.973. The second-order valence-corrected chi connectivity index (χ2v) is 12.2. The summed E-state index contributed by atoms with van der Waals surface area (Å²) in [5.74, 6) is -1.16. The molecule has 13 heteroatoms. The second-order valence-electron chi connectivity index (χ2n) is 12.2. The van der Waals surface area contributed by atoms with Crippen LogP contribution in [0.3, 0.4) is 0 Å². The molecule has 2 bridgehead atoms. The van der Waals surface area contributed by atoms with Crippen LogP contribution in [-0.2, 0) is 9.59 Å². The molecular formula is C30H34N8O5. The van der Waals surface area contributed by atoms with Crippen LogP contribution in [0.5, 0.6) is 0 Å². The lowest BCUT2D eigenvalue weighted by Crippen LogP contribution is -2.55. The number of piperidine rings is 2. The molecule has 4 saturated heterocycles. The quantitative estimate of drug-likeness (QED) is 0.457. The molecule has 2 aromatic rings. The summed E-state index contributed by atoms with van der Waals surface area (Å²) >= 11 is 0. The lowest BCUT2D eigenvalue weighted by molar-refractivity contribution is -0.136. The molecule has 1 aromatic heterocycles. The second kappa shape index (κ2) is 10.7. The van der Waals surface area contributed by atoms with Crippen molar-refractivity contribution in [2.75, 3.05) is 42.5 Å². The maximum absolute atomic E-state index is 13.3. The minimum atomic E-state index is -0.963. The molecule has 13 nitrogen and oxygen atoms in total. The van der Waals surface area contributed by atoms with E-state index >= 15 is 0 Å². The molecule has 0 aliphatic carbocycles. The summed E-state index contributed by atoms with van der Waals surface area (Å²) in [7, 11) is 0. The average Bonchev–Trinajstić information content (AvgIpc) is 3.38. The molecular weight excluding hydrogens is 552 g/mol. The first kappa shape index (κ1) is 27.4. The van der Waals surface area contributed by atoms with Gasteiger partial charge in [0.1, 0.15) is 6.04 Å². The smallest absolute Gasteiger partial charge is 0.269 e. The monoisotopic (exact) mass is 586 g/mol. The first-order valence-electron chi connectivity index (χ1n) is 15.0. The van der Waals surface area contributed by atoms with Gasteiger partial charge in [-0.25, -0.2) is 0 Å². The third kappa shape index (κ3) is 4.90. The van der Waals surface area contributed by atoms with Crippen LogP contribution in [0.15, 0.2) is 30.3 Å². The maximum Gasteiger partial charge on any atom is 0.269 e. The van der Waals surface area contributed by atoms with Gasteiger partial charge in [-0.1, -0.05) is 0 Å². The minimum absolute atomic E-state index is 0.0993. The Morgan fingerprint density at radius 1 is 0.860 bits per heavy atom. The van der Waals surface area contributed by atoms with Gasteiger partial charge in [-0.05, 0) is 68.4 Å². The number of carbonyl (C=O) groups is 5. The Labute approximate surface area is 248 Å². The summed E-state index contributed by atoms with van der Waals surface area (Å²) in [5.41, 5.74) is 6.99. The van der Waals surface area contributed by atoms with E-state index in [-0.39, 0.29) is 24.4 Å². The highest BCUT2D eigenvalue weighted by Gasteiger charge is 2.46. The number of fused-ring (bicyclic) bond motifs is 3. The first-order valence-corrected chi connectivity index (χ1v) is 15.0. The van der Waals surface area contributed by atoms with E-state index in [1.807, 2.05) is 12.1 Å². The van der Waals surface area contributed by atoms with Crippen molar-refractivity contribution < 1.29 is 24.0 Å². The standard InChI is InChI=1S/C30H34N8O5/c31-27(40)23-5-7-25(34-33-23)35-11-9-17(10-12-35)14-37-19-1-2-20(37)16-36(15-19)18-3-4-21-22(13-18)30(43)38(29(21)42)24-6-8-26(39)32-28(24)41/h3-5,7,13,17,19-20,24H,1-2,6,8-12,14-16H2,(H2,31,40)(H,32,39,41). The fraction of sp³-hybridized carbons (Fsp3) is 0.500. The van der Waals surface area contributed by atoms with E-state index < -0.39 is 29.7 Å². The lowest BCUT2D eigenvalue weighted by Gasteiger charge is -2.44. The van der Waals surface area contributed by atoms with Crippen LogP contribution in [-0.4, -0.2) is 100 Å². The van der Waals surface area contributed by atoms with Gasteiger partial charge in [-0.15, -0.1) is 10.2 Å². The molecule has 0 radical (unpaired) electrons. The zero-order valence-corrected chi connectivity index (χ0v) is 23.8. The van der Waals surface area contributed by atoms with Gasteiger partial charge in [0.2, 0.25) is 11.8 Å². The number of anilines is 2. The topological polar surface area (TPSA) is 162 Å². The first-order chi connectivity index (χ1) is 20.8. The molecule has 3 N–H and O–H groups in total. The van der Waals surface area contributed by atoms with Crippen molar-refractivity contribution in [1.29, 1.82) is 0 Å². The number of piperazine rings is 1. The van der Waals surface area contributed by atoms with Crippen LogP contribution >= 0.6 is 0 Å². The Bertz CT molecular complexity index is 1490. The minimum Gasteiger partial charge on any atom is -0.368 e. The molecule has 5 aliphatic rings. The predicted octanol–water partition coefficient (Wildman–Crippen LogP) is 0.546. The number of amides is 5. The average molecular weight is 587 g/mol. The summed E-state index contributed by atoms with van der Waals surface area (Å²) in [6.45, 7) is 4.55. The molecule has 0 saturated carbocycles. The van der Waals surface area contributed by atoms with E-state index in [9.17, 15) is 24.0 Å². The van der Waals surface area contributed by atoms with Crippen LogP contribution in [0.1, 0.15) is 69.7 Å². The van der Waals surface area contributed by atoms with Crippen LogP contribution in [0, 0.1) is 5.92 Å². The number of hydrogen-bond donors (Lipinski definition) is 2. The predicted molar refractivity (Wildman–Crippen MR) is 154 cm³/mol. The number of benzene rings is 1. The van der Waals surface area contributed by atoms with Crippen LogP contribution in [0.4, 0.5) is 11.5 Å². The lowest BCUT2D eigenvalue weighted by atomic mass is 9.95. The van der Waals surface area contributed by atoms with Gasteiger partial charge in [-0.3, -0.25) is 39.1 Å². The van der Waals surface area contributed by atoms with E-state index in [1.54, 1.807) is 18.2 Å². The number of carbonyl (C=O) groups excluding carboxylic acids is 5. The van der Waals surface area contributed by atoms with Gasteiger partial charge in [0, 0.05) is 56.9 Å². The van der Waals surface area contributed by atoms with Crippen LogP contribution < -0.4 is 20.9 Å². The zero-order valence-electron chi connectivity index (χ0n) is 23.8. The molecule has 0 spiro atoms. The van der Waals surface area contributed by atoms with Crippen molar-refractivity contribution in [3.05, 3.63) is 47.2 Å². The Hall–Kier alpha value is -4.39. The van der Waals surface area contributed by atoms with Crippen molar-refractivity contribution in [3.63, 3.8) is 0 Å². The van der Waals surface area contributed by atoms with Crippen molar-refractivity contribution in [1.82, 2.24) is 25.3 Å². The molecule has 3 unspecified atom stereocenters. The van der Waals surface area contributed by atoms with Crippen LogP contribution in [0.25, 0.3) is 0 Å². The van der Waals surface area contributed by atoms with E-state index in [2.05, 4.69) is 30.2 Å². The number of aromatic nitrogens is 2. The number of primary amides is 1. The Morgan fingerprint density at radius 3 is 2.23 bits per heavy atom. The number of nitrogens with one attached hydrogen (secondary N) is 1. The molecule has 3 atom stereocenters. The number of rotatable bonds is 6. The summed E-state index contributed by atoms with van der Waals surface area (Å²) < 4.78 is 0. The Morgan fingerprint density at radius 2 is 1.58 bits per heavy atom. The van der Waals surface area contributed by atoms with Crippen molar-refractivity contribution in [3.8, 4) is 0 Å². The highest BCUT2D eigenvalue weighted by Crippen LogP contribution is 2.37. The van der Waals surface area contributed by atoms with E-state index in [4.69, 9.17) is 5.73 Å². The van der Waals surface area contributed by atoms with Gasteiger partial charge in [-0.2, -0.15) is 0 Å². The van der Waals surface area contributed by atoms with Gasteiger partial charge >= 0.3 is 0 Å². The van der Waals surface area contributed by atoms with Gasteiger partial charge in [0.25, 0.3) is 17.7 Å². The molecule has 5 aliphatic heterocycles. The fourth-order valence-corrected chi connectivity index (χ4v) is 7.42. The van der Waals surface area contributed by atoms with Crippen molar-refractivity contribution in [2.45, 2.75) is 56.7 Å². The van der Waals surface area contributed by atoms with Gasteiger partial charge in [0.05, 0.1) is 11.1 Å². The van der Waals surface area contributed by atoms with Crippen molar-refractivity contribution in [2.24, 2.45) is 11.7 Å². The summed E-state index contributed by atoms with van der Waals surface area (Å²) in [6, 6.07) is 8.72. The highest BCUT2D eigenvalue weighted by atomic mass is 16.2. The molecule has 4 fully saturated rings. The molecule has 1 aromatic carbocycles. The van der Waals surface area contributed by atoms with Crippen molar-refractivity contribution >= 4 is 41.0 Å². The third-order valence-corrected chi connectivity index (χ3v) is 9.73. The number of nitrogens with two attached hydrogens (primary N) is 1.